The van der Waals surface area contributed by atoms with Crippen molar-refractivity contribution < 1.29 is 9.47 Å². The molecule has 0 amide bonds. The molecule has 0 saturated carbocycles. The molecule has 0 saturated heterocycles. The summed E-state index contributed by atoms with van der Waals surface area (Å²) in [4.78, 5) is 4.41. The third-order valence-corrected chi connectivity index (χ3v) is 3.51. The van der Waals surface area contributed by atoms with Crippen LogP contribution < -0.4 is 15.2 Å². The molecule has 4 nitrogen and oxygen atoms in total. The summed E-state index contributed by atoms with van der Waals surface area (Å²) in [5, 5.41) is 3.00. The topological polar surface area (TPSA) is 57.4 Å². The number of rotatable bonds is 4. The van der Waals surface area contributed by atoms with Crippen LogP contribution in [0.4, 0.5) is 0 Å². The molecular formula is C13H16N2O2S. The van der Waals surface area contributed by atoms with Gasteiger partial charge in [-0.25, -0.2) is 4.98 Å². The molecule has 1 heterocycles. The van der Waals surface area contributed by atoms with E-state index in [1.807, 2.05) is 30.5 Å². The first-order chi connectivity index (χ1) is 8.65. The molecule has 0 aliphatic carbocycles. The number of nitrogens with two attached hydrogens (primary N) is 1. The van der Waals surface area contributed by atoms with Crippen LogP contribution in [0.3, 0.4) is 0 Å². The highest BCUT2D eigenvalue weighted by molar-refractivity contribution is 7.09. The summed E-state index contributed by atoms with van der Waals surface area (Å²) >= 11 is 1.60. The van der Waals surface area contributed by atoms with E-state index in [9.17, 15) is 0 Å². The fourth-order valence-electron chi connectivity index (χ4n) is 1.74. The van der Waals surface area contributed by atoms with E-state index in [-0.39, 0.29) is 6.04 Å². The van der Waals surface area contributed by atoms with Gasteiger partial charge in [-0.15, -0.1) is 11.3 Å². The number of benzene rings is 1. The van der Waals surface area contributed by atoms with E-state index in [1.54, 1.807) is 25.6 Å². The Morgan fingerprint density at radius 3 is 2.50 bits per heavy atom. The Morgan fingerprint density at radius 1 is 1.22 bits per heavy atom. The minimum Gasteiger partial charge on any atom is -0.493 e. The summed E-state index contributed by atoms with van der Waals surface area (Å²) in [6.45, 7) is 1.97. The Morgan fingerprint density at radius 2 is 1.94 bits per heavy atom. The largest absolute Gasteiger partial charge is 0.493 e. The minimum absolute atomic E-state index is 0.241. The lowest BCUT2D eigenvalue weighted by Crippen LogP contribution is -2.12. The predicted octanol–water partition coefficient (Wildman–Crippen LogP) is 2.52. The van der Waals surface area contributed by atoms with E-state index in [0.717, 1.165) is 16.3 Å². The first-order valence-electron chi connectivity index (χ1n) is 5.55. The zero-order chi connectivity index (χ0) is 13.1. The summed E-state index contributed by atoms with van der Waals surface area (Å²) in [6.07, 6.45) is 0. The van der Waals surface area contributed by atoms with Crippen molar-refractivity contribution in [3.05, 3.63) is 39.8 Å². The van der Waals surface area contributed by atoms with Crippen molar-refractivity contribution in [2.45, 2.75) is 13.0 Å². The van der Waals surface area contributed by atoms with E-state index in [2.05, 4.69) is 4.98 Å². The van der Waals surface area contributed by atoms with E-state index in [4.69, 9.17) is 15.2 Å². The van der Waals surface area contributed by atoms with Crippen LogP contribution in [0.15, 0.2) is 23.6 Å². The molecule has 96 valence electrons. The highest BCUT2D eigenvalue weighted by atomic mass is 32.1. The van der Waals surface area contributed by atoms with Gasteiger partial charge in [0, 0.05) is 5.38 Å². The maximum absolute atomic E-state index is 6.19. The molecular weight excluding hydrogens is 248 g/mol. The van der Waals surface area contributed by atoms with Crippen LogP contribution in [0.5, 0.6) is 11.5 Å². The second-order valence-electron chi connectivity index (χ2n) is 3.88. The Balaban J connectivity index is 2.33. The van der Waals surface area contributed by atoms with Gasteiger partial charge in [-0.05, 0) is 24.6 Å². The van der Waals surface area contributed by atoms with Crippen LogP contribution in [0.25, 0.3) is 0 Å². The molecule has 0 aliphatic heterocycles. The molecule has 1 unspecified atom stereocenters. The average molecular weight is 264 g/mol. The minimum atomic E-state index is -0.241. The first-order valence-corrected chi connectivity index (χ1v) is 6.43. The molecule has 2 N–H and O–H groups in total. The quantitative estimate of drug-likeness (QED) is 0.922. The van der Waals surface area contributed by atoms with Crippen molar-refractivity contribution in [1.29, 1.82) is 0 Å². The second-order valence-corrected chi connectivity index (χ2v) is 4.95. The molecule has 0 aliphatic rings. The van der Waals surface area contributed by atoms with Crippen molar-refractivity contribution >= 4 is 11.3 Å². The molecule has 1 aromatic carbocycles. The highest BCUT2D eigenvalue weighted by Crippen LogP contribution is 2.31. The third kappa shape index (κ3) is 2.47. The Hall–Kier alpha value is -1.59. The van der Waals surface area contributed by atoms with Gasteiger partial charge in [0.25, 0.3) is 0 Å². The smallest absolute Gasteiger partial charge is 0.161 e. The second kappa shape index (κ2) is 5.37. The average Bonchev–Trinajstić information content (AvgIpc) is 2.83. The summed E-state index contributed by atoms with van der Waals surface area (Å²) < 4.78 is 10.5. The molecule has 1 atom stereocenters. The monoisotopic (exact) mass is 264 g/mol. The lowest BCUT2D eigenvalue weighted by atomic mass is 10.0. The van der Waals surface area contributed by atoms with Gasteiger partial charge < -0.3 is 15.2 Å². The molecule has 0 spiro atoms. The van der Waals surface area contributed by atoms with Gasteiger partial charge in [0.1, 0.15) is 0 Å². The number of hydrogen-bond acceptors (Lipinski definition) is 5. The first kappa shape index (κ1) is 12.9. The van der Waals surface area contributed by atoms with Crippen molar-refractivity contribution in [2.24, 2.45) is 5.73 Å². The van der Waals surface area contributed by atoms with Crippen LogP contribution in [-0.4, -0.2) is 19.2 Å². The summed E-state index contributed by atoms with van der Waals surface area (Å²) in [7, 11) is 3.22. The molecule has 5 heteroatoms. The van der Waals surface area contributed by atoms with Crippen LogP contribution in [0, 0.1) is 6.92 Å². The van der Waals surface area contributed by atoms with Gasteiger partial charge in [-0.3, -0.25) is 0 Å². The van der Waals surface area contributed by atoms with Gasteiger partial charge >= 0.3 is 0 Å². The van der Waals surface area contributed by atoms with Crippen molar-refractivity contribution in [3.8, 4) is 11.5 Å². The van der Waals surface area contributed by atoms with E-state index in [1.165, 1.54) is 0 Å². The van der Waals surface area contributed by atoms with Crippen LogP contribution in [-0.2, 0) is 0 Å². The van der Waals surface area contributed by atoms with Crippen molar-refractivity contribution in [2.75, 3.05) is 14.2 Å². The molecule has 0 radical (unpaired) electrons. The fourth-order valence-corrected chi connectivity index (χ4v) is 2.39. The Kier molecular flexibility index (Phi) is 3.84. The van der Waals surface area contributed by atoms with E-state index in [0.29, 0.717) is 11.5 Å². The van der Waals surface area contributed by atoms with Gasteiger partial charge in [-0.2, -0.15) is 0 Å². The molecule has 1 aromatic heterocycles. The number of thiazole rings is 1. The van der Waals surface area contributed by atoms with Crippen LogP contribution in [0.2, 0.25) is 0 Å². The summed E-state index contributed by atoms with van der Waals surface area (Å²) in [5.41, 5.74) is 8.03. The van der Waals surface area contributed by atoms with E-state index >= 15 is 0 Å². The number of nitrogens with zero attached hydrogens (tertiary/aromatic N) is 1. The van der Waals surface area contributed by atoms with Crippen molar-refractivity contribution in [1.82, 2.24) is 4.98 Å². The lowest BCUT2D eigenvalue weighted by Gasteiger charge is -2.13. The fraction of sp³-hybridized carbons (Fsp3) is 0.308. The molecule has 0 fully saturated rings. The van der Waals surface area contributed by atoms with Crippen LogP contribution in [0.1, 0.15) is 22.3 Å². The maximum Gasteiger partial charge on any atom is 0.161 e. The molecule has 2 rings (SSSR count). The van der Waals surface area contributed by atoms with Crippen molar-refractivity contribution in [3.63, 3.8) is 0 Å². The number of hydrogen-bond donors (Lipinski definition) is 1. The predicted molar refractivity (Wildman–Crippen MR) is 72.4 cm³/mol. The van der Waals surface area contributed by atoms with Gasteiger partial charge in [0.15, 0.2) is 11.5 Å². The highest BCUT2D eigenvalue weighted by Gasteiger charge is 2.14. The lowest BCUT2D eigenvalue weighted by molar-refractivity contribution is 0.354. The molecule has 2 aromatic rings. The Bertz CT molecular complexity index is 540. The zero-order valence-corrected chi connectivity index (χ0v) is 11.5. The van der Waals surface area contributed by atoms with Crippen LogP contribution >= 0.6 is 11.3 Å². The summed E-state index contributed by atoms with van der Waals surface area (Å²) in [6, 6.07) is 5.43. The maximum atomic E-state index is 6.19. The zero-order valence-electron chi connectivity index (χ0n) is 10.6. The summed E-state index contributed by atoms with van der Waals surface area (Å²) in [5.74, 6) is 1.38. The number of aryl methyl sites for hydroxylation is 1. The van der Waals surface area contributed by atoms with Gasteiger partial charge in [-0.1, -0.05) is 6.07 Å². The van der Waals surface area contributed by atoms with Gasteiger partial charge in [0.2, 0.25) is 0 Å². The third-order valence-electron chi connectivity index (χ3n) is 2.72. The Labute approximate surface area is 110 Å². The van der Waals surface area contributed by atoms with E-state index < -0.39 is 0 Å². The standard InChI is InChI=1S/C13H16N2O2S/c1-8-15-10(7-18-8)13(14)9-4-5-11(16-2)12(6-9)17-3/h4-7,13H,14H2,1-3H3. The molecule has 0 bridgehead atoms. The number of ether oxygens (including phenoxy) is 2. The molecule has 18 heavy (non-hydrogen) atoms. The SMILES string of the molecule is COc1ccc(C(N)c2csc(C)n2)cc1OC. The normalized spacial score (nSPS) is 12.2. The number of methoxy groups -OCH3 is 2. The van der Waals surface area contributed by atoms with Gasteiger partial charge in [0.05, 0.1) is 31.0 Å². The number of aromatic nitrogens is 1.